The van der Waals surface area contributed by atoms with Gasteiger partial charge in [-0.1, -0.05) is 71.6 Å². The molecule has 1 aliphatic carbocycles. The molecule has 0 unspecified atom stereocenters. The molecule has 0 radical (unpaired) electrons. The number of nitrogens with zero attached hydrogens (tertiary/aromatic N) is 1. The van der Waals surface area contributed by atoms with Crippen LogP contribution < -0.4 is 0 Å². The van der Waals surface area contributed by atoms with E-state index in [-0.39, 0.29) is 6.29 Å². The largest absolute Gasteiger partial charge is 0.351 e. The Balaban J connectivity index is 1.69. The summed E-state index contributed by atoms with van der Waals surface area (Å²) in [4.78, 5) is 0. The summed E-state index contributed by atoms with van der Waals surface area (Å²) >= 11 is 0. The van der Waals surface area contributed by atoms with Gasteiger partial charge in [-0.3, -0.25) is 0 Å². The van der Waals surface area contributed by atoms with Gasteiger partial charge < -0.3 is 9.47 Å². The van der Waals surface area contributed by atoms with Crippen LogP contribution in [0.2, 0.25) is 0 Å². The summed E-state index contributed by atoms with van der Waals surface area (Å²) in [5.74, 6) is 1.33. The van der Waals surface area contributed by atoms with Crippen LogP contribution in [0.5, 0.6) is 0 Å². The zero-order chi connectivity index (χ0) is 18.7. The maximum Gasteiger partial charge on any atom is 0.176 e. The highest BCUT2D eigenvalue weighted by Crippen LogP contribution is 2.45. The number of unbranched alkanes of at least 4 members (excludes halogenated alkanes) is 6. The van der Waals surface area contributed by atoms with Crippen LogP contribution in [0.25, 0.3) is 0 Å². The van der Waals surface area contributed by atoms with E-state index in [0.717, 1.165) is 32.0 Å². The Morgan fingerprint density at radius 2 is 1.35 bits per heavy atom. The molecule has 0 aromatic carbocycles. The van der Waals surface area contributed by atoms with E-state index in [2.05, 4.69) is 19.9 Å². The van der Waals surface area contributed by atoms with Gasteiger partial charge >= 0.3 is 0 Å². The van der Waals surface area contributed by atoms with E-state index >= 15 is 0 Å². The van der Waals surface area contributed by atoms with Crippen molar-refractivity contribution < 1.29 is 9.47 Å². The Hall–Kier alpha value is -0.590. The van der Waals surface area contributed by atoms with Crippen molar-refractivity contribution in [3.63, 3.8) is 0 Å². The summed E-state index contributed by atoms with van der Waals surface area (Å²) in [6.07, 6.45) is 17.1. The molecule has 3 nitrogen and oxygen atoms in total. The highest BCUT2D eigenvalue weighted by Gasteiger charge is 2.45. The lowest BCUT2D eigenvalue weighted by Gasteiger charge is -2.42. The number of ether oxygens (including phenoxy) is 2. The van der Waals surface area contributed by atoms with Gasteiger partial charge in [0.1, 0.15) is 5.41 Å². The second-order valence-corrected chi connectivity index (χ2v) is 8.77. The lowest BCUT2D eigenvalue weighted by Crippen LogP contribution is -2.45. The molecule has 0 amide bonds. The highest BCUT2D eigenvalue weighted by molar-refractivity contribution is 5.04. The first-order valence-corrected chi connectivity index (χ1v) is 11.4. The third-order valence-electron chi connectivity index (χ3n) is 6.57. The molecule has 2 rings (SSSR count). The predicted molar refractivity (Wildman–Crippen MR) is 107 cm³/mol. The van der Waals surface area contributed by atoms with Gasteiger partial charge in [-0.15, -0.1) is 0 Å². The van der Waals surface area contributed by atoms with Crippen LogP contribution in [0.15, 0.2) is 0 Å². The summed E-state index contributed by atoms with van der Waals surface area (Å²) in [6, 6.07) is 2.61. The molecule has 0 aromatic heterocycles. The summed E-state index contributed by atoms with van der Waals surface area (Å²) in [5, 5.41) is 9.87. The second kappa shape index (κ2) is 12.0. The minimum absolute atomic E-state index is 0.291. The Morgan fingerprint density at radius 1 is 0.808 bits per heavy atom. The summed E-state index contributed by atoms with van der Waals surface area (Å²) < 4.78 is 12.2. The highest BCUT2D eigenvalue weighted by atomic mass is 16.7. The molecule has 150 valence electrons. The predicted octanol–water partition coefficient (Wildman–Crippen LogP) is 6.62. The number of rotatable bonds is 11. The minimum atomic E-state index is -0.395. The normalized spacial score (nSPS) is 32.3. The Kier molecular flexibility index (Phi) is 10.0. The van der Waals surface area contributed by atoms with Crippen molar-refractivity contribution in [1.82, 2.24) is 0 Å². The molecule has 1 aliphatic heterocycles. The van der Waals surface area contributed by atoms with Crippen LogP contribution in [0, 0.1) is 28.6 Å². The van der Waals surface area contributed by atoms with Gasteiger partial charge in [-0.05, 0) is 38.0 Å². The molecular formula is C23H41NO2. The van der Waals surface area contributed by atoms with E-state index < -0.39 is 5.41 Å². The zero-order valence-electron chi connectivity index (χ0n) is 17.3. The zero-order valence-corrected chi connectivity index (χ0v) is 17.3. The van der Waals surface area contributed by atoms with Crippen molar-refractivity contribution in [3.05, 3.63) is 0 Å². The molecule has 0 spiro atoms. The average Bonchev–Trinajstić information content (AvgIpc) is 2.69. The lowest BCUT2D eigenvalue weighted by atomic mass is 9.69. The smallest absolute Gasteiger partial charge is 0.176 e. The number of hydrogen-bond donors (Lipinski definition) is 0. The maximum atomic E-state index is 9.87. The van der Waals surface area contributed by atoms with Crippen molar-refractivity contribution in [1.29, 1.82) is 5.26 Å². The first-order chi connectivity index (χ1) is 12.7. The van der Waals surface area contributed by atoms with Gasteiger partial charge in [0.05, 0.1) is 19.3 Å². The lowest BCUT2D eigenvalue weighted by molar-refractivity contribution is -0.247. The fourth-order valence-electron chi connectivity index (χ4n) is 4.63. The monoisotopic (exact) mass is 363 g/mol. The fraction of sp³-hybridized carbons (Fsp3) is 0.957. The quantitative estimate of drug-likeness (QED) is 0.387. The van der Waals surface area contributed by atoms with Crippen molar-refractivity contribution in [2.75, 3.05) is 13.2 Å². The Bertz CT molecular complexity index is 401. The topological polar surface area (TPSA) is 42.2 Å². The molecule has 26 heavy (non-hydrogen) atoms. The van der Waals surface area contributed by atoms with Crippen LogP contribution in [0.4, 0.5) is 0 Å². The molecule has 2 aliphatic rings. The Morgan fingerprint density at radius 3 is 1.96 bits per heavy atom. The van der Waals surface area contributed by atoms with E-state index in [4.69, 9.17) is 9.47 Å². The van der Waals surface area contributed by atoms with Crippen molar-refractivity contribution in [3.8, 4) is 6.07 Å². The van der Waals surface area contributed by atoms with Crippen molar-refractivity contribution >= 4 is 0 Å². The fourth-order valence-corrected chi connectivity index (χ4v) is 4.63. The molecule has 0 N–H and O–H groups in total. The van der Waals surface area contributed by atoms with E-state index in [0.29, 0.717) is 5.92 Å². The first kappa shape index (κ1) is 21.7. The molecular weight excluding hydrogens is 322 g/mol. The third kappa shape index (κ3) is 6.54. The van der Waals surface area contributed by atoms with E-state index in [9.17, 15) is 5.26 Å². The van der Waals surface area contributed by atoms with Gasteiger partial charge in [-0.25, -0.2) is 0 Å². The SMILES string of the molecule is CCCCCCCC1COC(C2(C#N)CCC(CCCCC)CC2)OC1. The summed E-state index contributed by atoms with van der Waals surface area (Å²) in [6.45, 7) is 6.08. The first-order valence-electron chi connectivity index (χ1n) is 11.4. The van der Waals surface area contributed by atoms with E-state index in [1.54, 1.807) is 0 Å². The van der Waals surface area contributed by atoms with Crippen LogP contribution in [0.1, 0.15) is 104 Å². The molecule has 1 saturated carbocycles. The van der Waals surface area contributed by atoms with Gasteiger partial charge in [0, 0.05) is 5.92 Å². The Labute approximate surface area is 161 Å². The molecule has 1 saturated heterocycles. The average molecular weight is 364 g/mol. The third-order valence-corrected chi connectivity index (χ3v) is 6.57. The van der Waals surface area contributed by atoms with Gasteiger partial charge in [0.2, 0.25) is 0 Å². The second-order valence-electron chi connectivity index (χ2n) is 8.77. The molecule has 1 heterocycles. The van der Waals surface area contributed by atoms with Crippen LogP contribution in [-0.2, 0) is 9.47 Å². The molecule has 3 heteroatoms. The van der Waals surface area contributed by atoms with E-state index in [1.165, 1.54) is 77.0 Å². The number of hydrogen-bond acceptors (Lipinski definition) is 3. The van der Waals surface area contributed by atoms with Crippen molar-refractivity contribution in [2.24, 2.45) is 17.3 Å². The number of nitriles is 1. The molecule has 0 atom stereocenters. The van der Waals surface area contributed by atoms with E-state index in [1.807, 2.05) is 0 Å². The van der Waals surface area contributed by atoms with Crippen LogP contribution in [-0.4, -0.2) is 19.5 Å². The molecule has 2 fully saturated rings. The molecule has 0 bridgehead atoms. The van der Waals surface area contributed by atoms with Crippen molar-refractivity contribution in [2.45, 2.75) is 110 Å². The maximum absolute atomic E-state index is 9.87. The van der Waals surface area contributed by atoms with Gasteiger partial charge in [0.15, 0.2) is 6.29 Å². The van der Waals surface area contributed by atoms with Crippen LogP contribution >= 0.6 is 0 Å². The van der Waals surface area contributed by atoms with Crippen LogP contribution in [0.3, 0.4) is 0 Å². The summed E-state index contributed by atoms with van der Waals surface area (Å²) in [5.41, 5.74) is -0.395. The van der Waals surface area contributed by atoms with Gasteiger partial charge in [0.25, 0.3) is 0 Å². The van der Waals surface area contributed by atoms with Gasteiger partial charge in [-0.2, -0.15) is 5.26 Å². The minimum Gasteiger partial charge on any atom is -0.351 e. The standard InChI is InChI=1S/C23H41NO2/c1-3-5-7-8-10-12-21-17-25-22(26-18-21)23(19-24)15-13-20(14-16-23)11-9-6-4-2/h20-22H,3-18H2,1-2H3. The molecule has 0 aromatic rings. The summed E-state index contributed by atoms with van der Waals surface area (Å²) in [7, 11) is 0.